The summed E-state index contributed by atoms with van der Waals surface area (Å²) in [4.78, 5) is 2.22. The minimum Gasteiger partial charge on any atom is -0.345 e. The molecule has 0 saturated carbocycles. The molecule has 6 aromatic carbocycles. The Balaban J connectivity index is 1.40. The molecule has 0 aliphatic heterocycles. The first-order chi connectivity index (χ1) is 19.3. The van der Waals surface area contributed by atoms with Gasteiger partial charge >= 0.3 is 0 Å². The van der Waals surface area contributed by atoms with Gasteiger partial charge in [-0.3, -0.25) is 0 Å². The Labute approximate surface area is 229 Å². The van der Waals surface area contributed by atoms with Gasteiger partial charge in [0.15, 0.2) is 0 Å². The van der Waals surface area contributed by atoms with Crippen LogP contribution in [0.5, 0.6) is 0 Å². The summed E-state index contributed by atoms with van der Waals surface area (Å²) in [6.45, 7) is 0. The molecule has 0 aliphatic carbocycles. The molecule has 0 fully saturated rings. The van der Waals surface area contributed by atoms with Gasteiger partial charge in [-0.05, 0) is 82.9 Å². The lowest BCUT2D eigenvalue weighted by Crippen LogP contribution is -2.09. The highest BCUT2D eigenvalue weighted by Crippen LogP contribution is 2.37. The lowest BCUT2D eigenvalue weighted by atomic mass is 10.0. The van der Waals surface area contributed by atoms with Crippen molar-refractivity contribution in [1.29, 1.82) is 0 Å². The maximum Gasteiger partial charge on any atom is 0.0541 e. The van der Waals surface area contributed by atoms with E-state index in [0.717, 1.165) is 11.4 Å². The summed E-state index contributed by atoms with van der Waals surface area (Å²) in [6, 6.07) is 54.3. The number of anilines is 2. The van der Waals surface area contributed by atoms with Gasteiger partial charge in [-0.2, -0.15) is 0 Å². The molecule has 0 bridgehead atoms. The quantitative estimate of drug-likeness (QED) is 0.228. The lowest BCUT2D eigenvalue weighted by molar-refractivity contribution is 1.16. The zero-order valence-corrected chi connectivity index (χ0v) is 21.8. The zero-order valence-electron chi connectivity index (χ0n) is 21.8. The van der Waals surface area contributed by atoms with Crippen LogP contribution in [0.25, 0.3) is 49.7 Å². The Morgan fingerprint density at radius 3 is 1.33 bits per heavy atom. The molecule has 2 heteroatoms. The Bertz CT molecular complexity index is 1790. The second kappa shape index (κ2) is 9.66. The molecule has 0 atom stereocenters. The van der Waals surface area contributed by atoms with E-state index in [4.69, 9.17) is 0 Å². The van der Waals surface area contributed by atoms with Crippen LogP contribution in [0.1, 0.15) is 0 Å². The van der Waals surface area contributed by atoms with Crippen LogP contribution in [0.2, 0.25) is 0 Å². The summed E-state index contributed by atoms with van der Waals surface area (Å²) in [5.41, 5.74) is 10.8. The van der Waals surface area contributed by atoms with Crippen molar-refractivity contribution in [2.45, 2.75) is 0 Å². The fourth-order valence-corrected chi connectivity index (χ4v) is 5.55. The van der Waals surface area contributed by atoms with Crippen LogP contribution in [-0.4, -0.2) is 11.6 Å². The molecule has 0 radical (unpaired) electrons. The van der Waals surface area contributed by atoms with Gasteiger partial charge in [0.25, 0.3) is 0 Å². The van der Waals surface area contributed by atoms with E-state index in [1.807, 2.05) is 0 Å². The molecule has 7 aromatic rings. The molecule has 0 saturated heterocycles. The number of hydrogen-bond donors (Lipinski definition) is 0. The van der Waals surface area contributed by atoms with Gasteiger partial charge in [-0.15, -0.1) is 0 Å². The van der Waals surface area contributed by atoms with Crippen LogP contribution < -0.4 is 4.90 Å². The van der Waals surface area contributed by atoms with Gasteiger partial charge in [0.1, 0.15) is 0 Å². The second-order valence-electron chi connectivity index (χ2n) is 9.94. The maximum absolute atomic E-state index is 2.39. The average molecular weight is 501 g/mol. The van der Waals surface area contributed by atoms with E-state index in [-0.39, 0.29) is 0 Å². The van der Waals surface area contributed by atoms with Gasteiger partial charge in [0.2, 0.25) is 0 Å². The van der Waals surface area contributed by atoms with E-state index in [1.165, 1.54) is 49.7 Å². The molecule has 39 heavy (non-hydrogen) atoms. The number of nitrogens with zero attached hydrogens (tertiary/aromatic N) is 2. The number of aromatic nitrogens is 1. The Hall–Kier alpha value is -5.08. The molecule has 0 aliphatic rings. The molecule has 0 amide bonds. The summed E-state index contributed by atoms with van der Waals surface area (Å²) in [5, 5.41) is 2.52. The van der Waals surface area contributed by atoms with E-state index >= 15 is 0 Å². The van der Waals surface area contributed by atoms with Crippen molar-refractivity contribution in [2.24, 2.45) is 0 Å². The summed E-state index contributed by atoms with van der Waals surface area (Å²) in [5.74, 6) is 0. The Kier molecular flexibility index (Phi) is 5.71. The predicted octanol–water partition coefficient (Wildman–Crippen LogP) is 9.89. The topological polar surface area (TPSA) is 8.17 Å². The Morgan fingerprint density at radius 2 is 0.846 bits per heavy atom. The molecular formula is C37H28N2. The highest BCUT2D eigenvalue weighted by Gasteiger charge is 2.15. The van der Waals surface area contributed by atoms with Crippen LogP contribution in [0.15, 0.2) is 152 Å². The third-order valence-electron chi connectivity index (χ3n) is 7.62. The second-order valence-corrected chi connectivity index (χ2v) is 9.94. The highest BCUT2D eigenvalue weighted by molar-refractivity contribution is 6.11. The van der Waals surface area contributed by atoms with Crippen molar-refractivity contribution in [3.05, 3.63) is 152 Å². The maximum atomic E-state index is 2.39. The van der Waals surface area contributed by atoms with Crippen LogP contribution in [0.3, 0.4) is 0 Å². The summed E-state index contributed by atoms with van der Waals surface area (Å²) in [7, 11) is 2.11. The van der Waals surface area contributed by atoms with Crippen molar-refractivity contribution in [2.75, 3.05) is 11.9 Å². The minimum absolute atomic E-state index is 1.15. The molecule has 2 nitrogen and oxygen atoms in total. The molecule has 0 N–H and O–H groups in total. The van der Waals surface area contributed by atoms with E-state index in [9.17, 15) is 0 Å². The number of fused-ring (bicyclic) bond motifs is 3. The molecule has 0 unspecified atom stereocenters. The monoisotopic (exact) mass is 500 g/mol. The number of para-hydroxylation sites is 1. The van der Waals surface area contributed by atoms with Crippen molar-refractivity contribution in [3.63, 3.8) is 0 Å². The van der Waals surface area contributed by atoms with Gasteiger partial charge in [0, 0.05) is 34.9 Å². The van der Waals surface area contributed by atoms with Gasteiger partial charge in [0.05, 0.1) is 11.0 Å². The van der Waals surface area contributed by atoms with Crippen LogP contribution >= 0.6 is 0 Å². The Morgan fingerprint density at radius 1 is 0.410 bits per heavy atom. The molecule has 1 aromatic heterocycles. The average Bonchev–Trinajstić information content (AvgIpc) is 3.35. The first kappa shape index (κ1) is 23.1. The smallest absolute Gasteiger partial charge is 0.0541 e. The van der Waals surface area contributed by atoms with Crippen LogP contribution in [0.4, 0.5) is 11.4 Å². The minimum atomic E-state index is 1.15. The molecule has 7 rings (SSSR count). The normalized spacial score (nSPS) is 11.2. The summed E-state index contributed by atoms with van der Waals surface area (Å²) < 4.78 is 2.39. The first-order valence-electron chi connectivity index (χ1n) is 13.3. The number of hydrogen-bond acceptors (Lipinski definition) is 1. The van der Waals surface area contributed by atoms with Crippen molar-refractivity contribution >= 4 is 33.2 Å². The van der Waals surface area contributed by atoms with E-state index in [1.54, 1.807) is 0 Å². The standard InChI is InChI=1S/C37H28N2/c1-38(31-15-9-4-10-16-31)32-19-21-33(22-20-32)39-36-23-17-29(27-11-5-2-6-12-27)25-34(36)35-26-30(18-24-37(35)39)28-13-7-3-8-14-28/h2-26H,1H3. The van der Waals surface area contributed by atoms with Gasteiger partial charge in [-0.25, -0.2) is 0 Å². The largest absolute Gasteiger partial charge is 0.345 e. The van der Waals surface area contributed by atoms with Crippen molar-refractivity contribution in [1.82, 2.24) is 4.57 Å². The van der Waals surface area contributed by atoms with Crippen LogP contribution in [0, 0.1) is 0 Å². The first-order valence-corrected chi connectivity index (χ1v) is 13.3. The van der Waals surface area contributed by atoms with Crippen molar-refractivity contribution in [3.8, 4) is 27.9 Å². The lowest BCUT2D eigenvalue weighted by Gasteiger charge is -2.20. The highest BCUT2D eigenvalue weighted by atomic mass is 15.1. The third-order valence-corrected chi connectivity index (χ3v) is 7.62. The third kappa shape index (κ3) is 4.17. The zero-order chi connectivity index (χ0) is 26.2. The van der Waals surface area contributed by atoms with Gasteiger partial charge < -0.3 is 9.47 Å². The predicted molar refractivity (Wildman–Crippen MR) is 166 cm³/mol. The molecular weight excluding hydrogens is 472 g/mol. The van der Waals surface area contributed by atoms with E-state index < -0.39 is 0 Å². The molecule has 1 heterocycles. The fraction of sp³-hybridized carbons (Fsp3) is 0.0270. The van der Waals surface area contributed by atoms with E-state index in [2.05, 4.69) is 168 Å². The van der Waals surface area contributed by atoms with Crippen molar-refractivity contribution < 1.29 is 0 Å². The SMILES string of the molecule is CN(c1ccccc1)c1ccc(-n2c3ccc(-c4ccccc4)cc3c3cc(-c4ccccc4)ccc32)cc1. The molecule has 0 spiro atoms. The molecule has 186 valence electrons. The summed E-state index contributed by atoms with van der Waals surface area (Å²) >= 11 is 0. The fourth-order valence-electron chi connectivity index (χ4n) is 5.55. The summed E-state index contributed by atoms with van der Waals surface area (Å²) in [6.07, 6.45) is 0. The van der Waals surface area contributed by atoms with Crippen LogP contribution in [-0.2, 0) is 0 Å². The number of rotatable bonds is 5. The van der Waals surface area contributed by atoms with E-state index in [0.29, 0.717) is 0 Å². The van der Waals surface area contributed by atoms with Gasteiger partial charge in [-0.1, -0.05) is 91.0 Å². The number of benzene rings is 6.